The Hall–Kier alpha value is -0.940. The van der Waals surface area contributed by atoms with E-state index in [-0.39, 0.29) is 0 Å². The quantitative estimate of drug-likeness (QED) is 0.726. The summed E-state index contributed by atoms with van der Waals surface area (Å²) in [5, 5.41) is 11.2. The lowest BCUT2D eigenvalue weighted by Crippen LogP contribution is -2.25. The van der Waals surface area contributed by atoms with Crippen LogP contribution in [0.25, 0.3) is 0 Å². The van der Waals surface area contributed by atoms with Gasteiger partial charge in [-0.1, -0.05) is 13.8 Å². The lowest BCUT2D eigenvalue weighted by Gasteiger charge is -2.04. The SMILES string of the molecule is COCCc1nnc(CCNC(C)C)o1. The highest BCUT2D eigenvalue weighted by Gasteiger charge is 2.05. The largest absolute Gasteiger partial charge is 0.425 e. The van der Waals surface area contributed by atoms with E-state index >= 15 is 0 Å². The highest BCUT2D eigenvalue weighted by atomic mass is 16.5. The summed E-state index contributed by atoms with van der Waals surface area (Å²) in [4.78, 5) is 0. The smallest absolute Gasteiger partial charge is 0.218 e. The molecule has 0 fully saturated rings. The zero-order valence-electron chi connectivity index (χ0n) is 9.62. The van der Waals surface area contributed by atoms with Gasteiger partial charge in [-0.25, -0.2) is 0 Å². The summed E-state index contributed by atoms with van der Waals surface area (Å²) >= 11 is 0. The first-order valence-corrected chi connectivity index (χ1v) is 5.26. The summed E-state index contributed by atoms with van der Waals surface area (Å²) in [6.07, 6.45) is 1.46. The minimum absolute atomic E-state index is 0.487. The fourth-order valence-electron chi connectivity index (χ4n) is 1.15. The van der Waals surface area contributed by atoms with Gasteiger partial charge in [-0.3, -0.25) is 0 Å². The second-order valence-corrected chi connectivity index (χ2v) is 3.69. The number of hydrogen-bond donors (Lipinski definition) is 1. The molecule has 5 nitrogen and oxygen atoms in total. The van der Waals surface area contributed by atoms with E-state index < -0.39 is 0 Å². The van der Waals surface area contributed by atoms with Crippen LogP contribution < -0.4 is 5.32 Å². The molecule has 5 heteroatoms. The van der Waals surface area contributed by atoms with Crippen molar-refractivity contribution in [1.82, 2.24) is 15.5 Å². The summed E-state index contributed by atoms with van der Waals surface area (Å²) in [5.74, 6) is 1.34. The van der Waals surface area contributed by atoms with Crippen LogP contribution >= 0.6 is 0 Å². The van der Waals surface area contributed by atoms with Gasteiger partial charge in [0.05, 0.1) is 6.61 Å². The molecule has 1 aromatic rings. The van der Waals surface area contributed by atoms with Crippen molar-refractivity contribution < 1.29 is 9.15 Å². The first-order chi connectivity index (χ1) is 7.22. The molecular weight excluding hydrogens is 194 g/mol. The van der Waals surface area contributed by atoms with Crippen LogP contribution in [0.4, 0.5) is 0 Å². The lowest BCUT2D eigenvalue weighted by atomic mass is 10.3. The second kappa shape index (κ2) is 6.53. The van der Waals surface area contributed by atoms with Gasteiger partial charge < -0.3 is 14.5 Å². The van der Waals surface area contributed by atoms with Gasteiger partial charge >= 0.3 is 0 Å². The molecule has 0 saturated carbocycles. The van der Waals surface area contributed by atoms with Crippen molar-refractivity contribution in [3.8, 4) is 0 Å². The van der Waals surface area contributed by atoms with Gasteiger partial charge in [-0.05, 0) is 0 Å². The Morgan fingerprint density at radius 3 is 2.53 bits per heavy atom. The van der Waals surface area contributed by atoms with Crippen LogP contribution in [-0.2, 0) is 17.6 Å². The van der Waals surface area contributed by atoms with Crippen molar-refractivity contribution in [3.63, 3.8) is 0 Å². The van der Waals surface area contributed by atoms with Crippen molar-refractivity contribution >= 4 is 0 Å². The van der Waals surface area contributed by atoms with Gasteiger partial charge in [0.15, 0.2) is 0 Å². The van der Waals surface area contributed by atoms with E-state index in [1.165, 1.54) is 0 Å². The predicted octanol–water partition coefficient (Wildman–Crippen LogP) is 0.799. The minimum atomic E-state index is 0.487. The van der Waals surface area contributed by atoms with Crippen LogP contribution in [0.5, 0.6) is 0 Å². The highest BCUT2D eigenvalue weighted by Crippen LogP contribution is 2.01. The average Bonchev–Trinajstić information content (AvgIpc) is 2.62. The Kier molecular flexibility index (Phi) is 5.28. The molecule has 1 aromatic heterocycles. The Labute approximate surface area is 90.2 Å². The molecule has 15 heavy (non-hydrogen) atoms. The van der Waals surface area contributed by atoms with Crippen molar-refractivity contribution in [2.24, 2.45) is 0 Å². The fraction of sp³-hybridized carbons (Fsp3) is 0.800. The topological polar surface area (TPSA) is 60.2 Å². The monoisotopic (exact) mass is 213 g/mol. The van der Waals surface area contributed by atoms with Crippen LogP contribution in [0.1, 0.15) is 25.6 Å². The van der Waals surface area contributed by atoms with Gasteiger partial charge in [-0.15, -0.1) is 10.2 Å². The molecule has 0 atom stereocenters. The molecule has 0 aliphatic heterocycles. The molecule has 0 amide bonds. The second-order valence-electron chi connectivity index (χ2n) is 3.69. The van der Waals surface area contributed by atoms with Crippen LogP contribution in [-0.4, -0.2) is 36.5 Å². The summed E-state index contributed by atoms with van der Waals surface area (Å²) in [5.41, 5.74) is 0. The summed E-state index contributed by atoms with van der Waals surface area (Å²) in [6.45, 7) is 5.70. The standard InChI is InChI=1S/C10H19N3O2/c1-8(2)11-6-4-9-12-13-10(15-9)5-7-14-3/h8,11H,4-7H2,1-3H3. The van der Waals surface area contributed by atoms with E-state index in [9.17, 15) is 0 Å². The van der Waals surface area contributed by atoms with Gasteiger partial charge in [0, 0.05) is 32.5 Å². The van der Waals surface area contributed by atoms with Gasteiger partial charge in [0.1, 0.15) is 0 Å². The number of nitrogens with one attached hydrogen (secondary N) is 1. The third kappa shape index (κ3) is 4.90. The third-order valence-corrected chi connectivity index (χ3v) is 1.92. The van der Waals surface area contributed by atoms with Crippen molar-refractivity contribution in [2.45, 2.75) is 32.7 Å². The predicted molar refractivity (Wildman–Crippen MR) is 56.7 cm³/mol. The Morgan fingerprint density at radius 2 is 1.93 bits per heavy atom. The third-order valence-electron chi connectivity index (χ3n) is 1.92. The fourth-order valence-corrected chi connectivity index (χ4v) is 1.15. The molecule has 86 valence electrons. The molecular formula is C10H19N3O2. The Balaban J connectivity index is 2.26. The molecule has 1 N–H and O–H groups in total. The molecule has 1 heterocycles. The molecule has 0 unspecified atom stereocenters. The molecule has 1 rings (SSSR count). The van der Waals surface area contributed by atoms with E-state index in [0.717, 1.165) is 13.0 Å². The maximum Gasteiger partial charge on any atom is 0.218 e. The van der Waals surface area contributed by atoms with Gasteiger partial charge in [-0.2, -0.15) is 0 Å². The van der Waals surface area contributed by atoms with E-state index in [4.69, 9.17) is 9.15 Å². The molecule has 0 aromatic carbocycles. The van der Waals surface area contributed by atoms with E-state index in [0.29, 0.717) is 30.9 Å². The van der Waals surface area contributed by atoms with Crippen LogP contribution in [0.15, 0.2) is 4.42 Å². The van der Waals surface area contributed by atoms with Crippen LogP contribution in [0, 0.1) is 0 Å². The van der Waals surface area contributed by atoms with Crippen LogP contribution in [0.2, 0.25) is 0 Å². The number of ether oxygens (including phenoxy) is 1. The van der Waals surface area contributed by atoms with Crippen molar-refractivity contribution in [3.05, 3.63) is 11.8 Å². The average molecular weight is 213 g/mol. The summed E-state index contributed by atoms with van der Waals surface area (Å²) < 4.78 is 10.4. The maximum absolute atomic E-state index is 5.43. The van der Waals surface area contributed by atoms with Gasteiger partial charge in [0.2, 0.25) is 11.8 Å². The number of rotatable bonds is 7. The molecule has 0 aliphatic carbocycles. The highest BCUT2D eigenvalue weighted by molar-refractivity contribution is 4.83. The number of nitrogens with zero attached hydrogens (tertiary/aromatic N) is 2. The zero-order valence-corrected chi connectivity index (χ0v) is 9.62. The summed E-state index contributed by atoms with van der Waals surface area (Å²) in [7, 11) is 1.66. The first kappa shape index (κ1) is 12.1. The maximum atomic E-state index is 5.43. The van der Waals surface area contributed by atoms with E-state index in [1.807, 2.05) is 0 Å². The Bertz CT molecular complexity index is 273. The minimum Gasteiger partial charge on any atom is -0.425 e. The normalized spacial score (nSPS) is 11.2. The van der Waals surface area contributed by atoms with Crippen molar-refractivity contribution in [2.75, 3.05) is 20.3 Å². The van der Waals surface area contributed by atoms with E-state index in [1.54, 1.807) is 7.11 Å². The Morgan fingerprint density at radius 1 is 1.27 bits per heavy atom. The summed E-state index contributed by atoms with van der Waals surface area (Å²) in [6, 6.07) is 0.487. The van der Waals surface area contributed by atoms with Crippen LogP contribution in [0.3, 0.4) is 0 Å². The molecule has 0 aliphatic rings. The number of hydrogen-bond acceptors (Lipinski definition) is 5. The van der Waals surface area contributed by atoms with E-state index in [2.05, 4.69) is 29.4 Å². The van der Waals surface area contributed by atoms with Crippen molar-refractivity contribution in [1.29, 1.82) is 0 Å². The van der Waals surface area contributed by atoms with Gasteiger partial charge in [0.25, 0.3) is 0 Å². The number of aromatic nitrogens is 2. The molecule has 0 saturated heterocycles. The zero-order chi connectivity index (χ0) is 11.1. The molecule has 0 radical (unpaired) electrons. The number of methoxy groups -OCH3 is 1. The lowest BCUT2D eigenvalue weighted by molar-refractivity contribution is 0.194. The molecule has 0 bridgehead atoms. The first-order valence-electron chi connectivity index (χ1n) is 5.26. The molecule has 0 spiro atoms.